The van der Waals surface area contributed by atoms with E-state index >= 15 is 0 Å². The van der Waals surface area contributed by atoms with Crippen LogP contribution in [0.5, 0.6) is 11.5 Å². The van der Waals surface area contributed by atoms with Crippen LogP contribution in [0.3, 0.4) is 0 Å². The van der Waals surface area contributed by atoms with Gasteiger partial charge < -0.3 is 29.4 Å². The molecular formula is C23H29N5O3. The maximum atomic E-state index is 9.69. The fraction of sp³-hybridized carbons (Fsp3) is 0.478. The van der Waals surface area contributed by atoms with Crippen LogP contribution in [0.15, 0.2) is 36.9 Å². The number of anilines is 1. The minimum atomic E-state index is 0.227. The predicted octanol–water partition coefficient (Wildman–Crippen LogP) is 2.55. The third-order valence-corrected chi connectivity index (χ3v) is 6.09. The van der Waals surface area contributed by atoms with E-state index in [1.807, 2.05) is 30.9 Å². The molecular weight excluding hydrogens is 394 g/mol. The Labute approximate surface area is 181 Å². The molecule has 1 aromatic carbocycles. The summed E-state index contributed by atoms with van der Waals surface area (Å²) in [6, 6.07) is 6.20. The number of hydrogen-bond donors (Lipinski definition) is 2. The second-order valence-corrected chi connectivity index (χ2v) is 8.34. The monoisotopic (exact) mass is 423 g/mol. The second kappa shape index (κ2) is 9.11. The smallest absolute Gasteiger partial charge is 0.231 e. The van der Waals surface area contributed by atoms with E-state index in [4.69, 9.17) is 14.5 Å². The number of imidazole rings is 1. The standard InChI is InChI=1S/C23H29N5O3/c29-14-17-3-1-7-28(13-17)23-19(12-24-4-2-6-27-8-5-25-15-27)9-18-10-21-22(31-16-30-21)11-20(18)26-23/h5,8-11,15,17,24,29H,1-4,6-7,12-14,16H2/t17-/m1/s1. The van der Waals surface area contributed by atoms with Gasteiger partial charge in [-0.3, -0.25) is 0 Å². The highest BCUT2D eigenvalue weighted by atomic mass is 16.7. The van der Waals surface area contributed by atoms with Crippen molar-refractivity contribution in [3.8, 4) is 11.5 Å². The quantitative estimate of drug-likeness (QED) is 0.539. The Morgan fingerprint density at radius 2 is 2.10 bits per heavy atom. The molecule has 3 aromatic rings. The number of pyridine rings is 1. The summed E-state index contributed by atoms with van der Waals surface area (Å²) in [7, 11) is 0. The Hall–Kier alpha value is -2.84. The SMILES string of the molecule is OC[C@@H]1CCCN(c2nc3cc4c(cc3cc2CNCCCn2ccnc2)OCO4)C1. The molecule has 0 bridgehead atoms. The van der Waals surface area contributed by atoms with E-state index in [-0.39, 0.29) is 13.4 Å². The maximum absolute atomic E-state index is 9.69. The molecule has 5 rings (SSSR count). The zero-order valence-electron chi connectivity index (χ0n) is 17.7. The van der Waals surface area contributed by atoms with Crippen LogP contribution < -0.4 is 19.7 Å². The van der Waals surface area contributed by atoms with Gasteiger partial charge >= 0.3 is 0 Å². The number of hydrogen-bond acceptors (Lipinski definition) is 7. The summed E-state index contributed by atoms with van der Waals surface area (Å²) < 4.78 is 13.2. The lowest BCUT2D eigenvalue weighted by atomic mass is 9.98. The molecule has 0 radical (unpaired) electrons. The topological polar surface area (TPSA) is 84.7 Å². The van der Waals surface area contributed by atoms with Gasteiger partial charge in [-0.1, -0.05) is 0 Å². The summed E-state index contributed by atoms with van der Waals surface area (Å²) in [6.07, 6.45) is 8.82. The number of benzene rings is 1. The molecule has 0 spiro atoms. The van der Waals surface area contributed by atoms with Crippen LogP contribution in [-0.4, -0.2) is 52.7 Å². The van der Waals surface area contributed by atoms with Gasteiger partial charge in [0, 0.05) is 62.2 Å². The lowest BCUT2D eigenvalue weighted by molar-refractivity contribution is 0.174. The van der Waals surface area contributed by atoms with E-state index < -0.39 is 0 Å². The normalized spacial score (nSPS) is 18.1. The fourth-order valence-corrected chi connectivity index (χ4v) is 4.44. The average molecular weight is 424 g/mol. The molecule has 0 saturated carbocycles. The Bertz CT molecular complexity index is 1020. The number of aromatic nitrogens is 3. The molecule has 2 N–H and O–H groups in total. The van der Waals surface area contributed by atoms with Crippen molar-refractivity contribution in [3.63, 3.8) is 0 Å². The highest BCUT2D eigenvalue weighted by Crippen LogP contribution is 2.37. The third-order valence-electron chi connectivity index (χ3n) is 6.09. The van der Waals surface area contributed by atoms with Crippen LogP contribution in [0, 0.1) is 5.92 Å². The Kier molecular flexibility index (Phi) is 5.90. The van der Waals surface area contributed by atoms with Crippen LogP contribution in [0.4, 0.5) is 5.82 Å². The summed E-state index contributed by atoms with van der Waals surface area (Å²) in [5.41, 5.74) is 2.09. The van der Waals surface area contributed by atoms with Gasteiger partial charge in [0.2, 0.25) is 6.79 Å². The highest BCUT2D eigenvalue weighted by molar-refractivity contribution is 5.85. The third kappa shape index (κ3) is 4.45. The molecule has 31 heavy (non-hydrogen) atoms. The van der Waals surface area contributed by atoms with Crippen molar-refractivity contribution in [2.45, 2.75) is 32.4 Å². The molecule has 1 atom stereocenters. The minimum absolute atomic E-state index is 0.227. The van der Waals surface area contributed by atoms with Crippen molar-refractivity contribution in [1.29, 1.82) is 0 Å². The molecule has 0 amide bonds. The van der Waals surface area contributed by atoms with E-state index in [9.17, 15) is 5.11 Å². The van der Waals surface area contributed by atoms with Crippen LogP contribution in [-0.2, 0) is 13.1 Å². The average Bonchev–Trinajstić information content (AvgIpc) is 3.48. The molecule has 2 aromatic heterocycles. The molecule has 8 nitrogen and oxygen atoms in total. The molecule has 1 saturated heterocycles. The van der Waals surface area contributed by atoms with Crippen LogP contribution in [0.25, 0.3) is 10.9 Å². The molecule has 0 unspecified atom stereocenters. The first-order valence-corrected chi connectivity index (χ1v) is 11.1. The fourth-order valence-electron chi connectivity index (χ4n) is 4.44. The van der Waals surface area contributed by atoms with Crippen molar-refractivity contribution in [2.24, 2.45) is 5.92 Å². The minimum Gasteiger partial charge on any atom is -0.454 e. The number of aryl methyl sites for hydroxylation is 1. The van der Waals surface area contributed by atoms with Gasteiger partial charge in [0.05, 0.1) is 11.8 Å². The van der Waals surface area contributed by atoms with Crippen molar-refractivity contribution < 1.29 is 14.6 Å². The first kappa shape index (κ1) is 20.1. The van der Waals surface area contributed by atoms with E-state index in [0.29, 0.717) is 5.92 Å². The molecule has 0 aliphatic carbocycles. The van der Waals surface area contributed by atoms with Gasteiger partial charge in [-0.15, -0.1) is 0 Å². The summed E-state index contributed by atoms with van der Waals surface area (Å²) in [5, 5.41) is 14.3. The van der Waals surface area contributed by atoms with Gasteiger partial charge in [0.15, 0.2) is 11.5 Å². The maximum Gasteiger partial charge on any atom is 0.231 e. The number of aliphatic hydroxyl groups excluding tert-OH is 1. The van der Waals surface area contributed by atoms with Crippen LogP contribution >= 0.6 is 0 Å². The van der Waals surface area contributed by atoms with Gasteiger partial charge in [0.25, 0.3) is 0 Å². The van der Waals surface area contributed by atoms with E-state index in [2.05, 4.69) is 25.8 Å². The molecule has 8 heteroatoms. The lowest BCUT2D eigenvalue weighted by Gasteiger charge is -2.34. The molecule has 4 heterocycles. The number of rotatable bonds is 8. The van der Waals surface area contributed by atoms with E-state index in [0.717, 1.165) is 80.2 Å². The van der Waals surface area contributed by atoms with E-state index in [1.165, 1.54) is 5.56 Å². The first-order chi connectivity index (χ1) is 15.3. The molecule has 2 aliphatic heterocycles. The lowest BCUT2D eigenvalue weighted by Crippen LogP contribution is -2.38. The first-order valence-electron chi connectivity index (χ1n) is 11.1. The Morgan fingerprint density at radius 3 is 2.94 bits per heavy atom. The number of fused-ring (bicyclic) bond motifs is 2. The zero-order chi connectivity index (χ0) is 21.0. The zero-order valence-corrected chi connectivity index (χ0v) is 17.7. The number of nitrogens with one attached hydrogen (secondary N) is 1. The highest BCUT2D eigenvalue weighted by Gasteiger charge is 2.24. The second-order valence-electron chi connectivity index (χ2n) is 8.34. The van der Waals surface area contributed by atoms with Crippen molar-refractivity contribution >= 4 is 16.7 Å². The molecule has 164 valence electrons. The predicted molar refractivity (Wildman–Crippen MR) is 118 cm³/mol. The summed E-state index contributed by atoms with van der Waals surface area (Å²) in [4.78, 5) is 11.5. The van der Waals surface area contributed by atoms with Gasteiger partial charge in [0.1, 0.15) is 5.82 Å². The summed E-state index contributed by atoms with van der Waals surface area (Å²) in [6.45, 7) is 4.90. The van der Waals surface area contributed by atoms with Crippen molar-refractivity contribution in [3.05, 3.63) is 42.5 Å². The van der Waals surface area contributed by atoms with Crippen LogP contribution in [0.2, 0.25) is 0 Å². The summed E-state index contributed by atoms with van der Waals surface area (Å²) in [5.74, 6) is 2.84. The number of ether oxygens (including phenoxy) is 2. The molecule has 1 fully saturated rings. The number of piperidine rings is 1. The summed E-state index contributed by atoms with van der Waals surface area (Å²) >= 11 is 0. The van der Waals surface area contributed by atoms with Gasteiger partial charge in [-0.2, -0.15) is 0 Å². The van der Waals surface area contributed by atoms with Crippen molar-refractivity contribution in [2.75, 3.05) is 37.9 Å². The van der Waals surface area contributed by atoms with Gasteiger partial charge in [-0.25, -0.2) is 9.97 Å². The number of nitrogens with zero attached hydrogens (tertiary/aromatic N) is 4. The van der Waals surface area contributed by atoms with Gasteiger partial charge in [-0.05, 0) is 43.9 Å². The Morgan fingerprint density at radius 1 is 1.19 bits per heavy atom. The number of aliphatic hydroxyl groups is 1. The van der Waals surface area contributed by atoms with E-state index in [1.54, 1.807) is 0 Å². The van der Waals surface area contributed by atoms with Crippen LogP contribution in [0.1, 0.15) is 24.8 Å². The largest absolute Gasteiger partial charge is 0.454 e. The Balaban J connectivity index is 1.36. The molecule has 2 aliphatic rings. The van der Waals surface area contributed by atoms with Crippen molar-refractivity contribution in [1.82, 2.24) is 19.9 Å².